The monoisotopic (exact) mass is 286 g/mol. The van der Waals surface area contributed by atoms with Crippen LogP contribution in [-0.4, -0.2) is 34.2 Å². The van der Waals surface area contributed by atoms with Crippen LogP contribution in [0.4, 0.5) is 5.69 Å². The van der Waals surface area contributed by atoms with E-state index in [1.54, 1.807) is 23.1 Å². The van der Waals surface area contributed by atoms with Crippen LogP contribution in [0.15, 0.2) is 18.2 Å². The van der Waals surface area contributed by atoms with E-state index in [2.05, 4.69) is 4.85 Å². The number of hydrogen-bond acceptors (Lipinski definition) is 3. The predicted molar refractivity (Wildman–Crippen MR) is 77.1 cm³/mol. The van der Waals surface area contributed by atoms with Gasteiger partial charge in [-0.2, -0.15) is 0 Å². The Labute approximate surface area is 124 Å². The summed E-state index contributed by atoms with van der Waals surface area (Å²) in [5, 5.41) is 10.7. The van der Waals surface area contributed by atoms with Crippen molar-refractivity contribution in [1.82, 2.24) is 4.90 Å². The largest absolute Gasteiger partial charge is 0.485 e. The van der Waals surface area contributed by atoms with Crippen molar-refractivity contribution in [1.29, 1.82) is 0 Å². The van der Waals surface area contributed by atoms with Gasteiger partial charge in [-0.05, 0) is 32.4 Å². The molecule has 1 aromatic carbocycles. The Morgan fingerprint density at radius 1 is 1.48 bits per heavy atom. The van der Waals surface area contributed by atoms with Crippen LogP contribution in [0.3, 0.4) is 0 Å². The number of rotatable bonds is 1. The fraction of sp³-hybridized carbons (Fsp3) is 0.500. The van der Waals surface area contributed by atoms with E-state index in [0.29, 0.717) is 24.4 Å². The lowest BCUT2D eigenvalue weighted by Crippen LogP contribution is -2.53. The Kier molecular flexibility index (Phi) is 3.14. The SMILES string of the molecule is [C-]#[N+]c1ccc2c(c1)C(N1CCCC1=O)[C@@H](O)C(C)(C)O2. The molecule has 2 atom stereocenters. The maximum Gasteiger partial charge on any atom is 0.223 e. The molecule has 0 bridgehead atoms. The molecule has 110 valence electrons. The number of aliphatic hydroxyl groups is 1. The molecule has 1 saturated heterocycles. The number of benzene rings is 1. The summed E-state index contributed by atoms with van der Waals surface area (Å²) < 4.78 is 5.87. The number of hydrogen-bond donors (Lipinski definition) is 1. The van der Waals surface area contributed by atoms with Crippen molar-refractivity contribution < 1.29 is 14.6 Å². The Hall–Kier alpha value is -2.06. The van der Waals surface area contributed by atoms with Gasteiger partial charge in [0.2, 0.25) is 5.91 Å². The molecular weight excluding hydrogens is 268 g/mol. The van der Waals surface area contributed by atoms with Crippen LogP contribution in [0, 0.1) is 6.57 Å². The zero-order valence-corrected chi connectivity index (χ0v) is 12.2. The standard InChI is InChI=1S/C16H18N2O3/c1-16(2)15(20)14(18-8-4-5-13(18)19)11-9-10(17-3)6-7-12(11)21-16/h6-7,9,14-15,20H,4-5,8H2,1-2H3/t14?,15-/m1/s1. The van der Waals surface area contributed by atoms with Gasteiger partial charge >= 0.3 is 0 Å². The first-order chi connectivity index (χ1) is 9.94. The molecule has 2 aliphatic rings. The second kappa shape index (κ2) is 4.74. The van der Waals surface area contributed by atoms with E-state index < -0.39 is 17.7 Å². The van der Waals surface area contributed by atoms with Crippen LogP contribution in [0.1, 0.15) is 38.3 Å². The molecule has 1 amide bonds. The molecular formula is C16H18N2O3. The highest BCUT2D eigenvalue weighted by Crippen LogP contribution is 2.45. The number of amides is 1. The third kappa shape index (κ3) is 2.16. The maximum absolute atomic E-state index is 12.1. The summed E-state index contributed by atoms with van der Waals surface area (Å²) in [5.41, 5.74) is 0.437. The highest BCUT2D eigenvalue weighted by atomic mass is 16.5. The van der Waals surface area contributed by atoms with Crippen molar-refractivity contribution in [3.63, 3.8) is 0 Å². The molecule has 5 heteroatoms. The van der Waals surface area contributed by atoms with Crippen molar-refractivity contribution in [3.8, 4) is 5.75 Å². The summed E-state index contributed by atoms with van der Waals surface area (Å²) >= 11 is 0. The van der Waals surface area contributed by atoms with Gasteiger partial charge in [0.25, 0.3) is 0 Å². The molecule has 21 heavy (non-hydrogen) atoms. The lowest BCUT2D eigenvalue weighted by atomic mass is 9.85. The molecule has 0 radical (unpaired) electrons. The molecule has 0 saturated carbocycles. The molecule has 1 N–H and O–H groups in total. The van der Waals surface area contributed by atoms with Crippen LogP contribution in [0.5, 0.6) is 5.75 Å². The van der Waals surface area contributed by atoms with Gasteiger partial charge in [-0.25, -0.2) is 4.85 Å². The van der Waals surface area contributed by atoms with Gasteiger partial charge in [-0.3, -0.25) is 4.79 Å². The average Bonchev–Trinajstić information content (AvgIpc) is 2.86. The summed E-state index contributed by atoms with van der Waals surface area (Å²) in [5.74, 6) is 0.693. The molecule has 2 heterocycles. The fourth-order valence-electron chi connectivity index (χ4n) is 3.13. The lowest BCUT2D eigenvalue weighted by molar-refractivity contribution is -0.139. The van der Waals surface area contributed by atoms with E-state index in [1.807, 2.05) is 13.8 Å². The molecule has 0 spiro atoms. The maximum atomic E-state index is 12.1. The smallest absolute Gasteiger partial charge is 0.223 e. The first-order valence-corrected chi connectivity index (χ1v) is 7.12. The van der Waals surface area contributed by atoms with Crippen LogP contribution in [-0.2, 0) is 4.79 Å². The summed E-state index contributed by atoms with van der Waals surface area (Å²) in [6, 6.07) is 4.73. The van der Waals surface area contributed by atoms with Crippen molar-refractivity contribution in [3.05, 3.63) is 35.2 Å². The van der Waals surface area contributed by atoms with E-state index in [9.17, 15) is 9.90 Å². The van der Waals surface area contributed by atoms with Gasteiger partial charge in [0.1, 0.15) is 17.5 Å². The summed E-state index contributed by atoms with van der Waals surface area (Å²) in [6.45, 7) is 11.4. The number of carbonyl (C=O) groups excluding carboxylic acids is 1. The Morgan fingerprint density at radius 2 is 2.24 bits per heavy atom. The Balaban J connectivity index is 2.12. The topological polar surface area (TPSA) is 54.1 Å². The van der Waals surface area contributed by atoms with Crippen molar-refractivity contribution in [2.24, 2.45) is 0 Å². The molecule has 2 aliphatic heterocycles. The first-order valence-electron chi connectivity index (χ1n) is 7.12. The molecule has 1 unspecified atom stereocenters. The molecule has 0 aliphatic carbocycles. The summed E-state index contributed by atoms with van der Waals surface area (Å²) in [4.78, 5) is 17.3. The van der Waals surface area contributed by atoms with Crippen LogP contribution in [0.25, 0.3) is 4.85 Å². The van der Waals surface area contributed by atoms with Crippen LogP contribution in [0.2, 0.25) is 0 Å². The molecule has 3 rings (SSSR count). The minimum absolute atomic E-state index is 0.0518. The first kappa shape index (κ1) is 13.9. The van der Waals surface area contributed by atoms with Crippen LogP contribution < -0.4 is 4.74 Å². The predicted octanol–water partition coefficient (Wildman–Crippen LogP) is 2.43. The average molecular weight is 286 g/mol. The number of nitrogens with zero attached hydrogens (tertiary/aromatic N) is 2. The van der Waals surface area contributed by atoms with E-state index in [0.717, 1.165) is 12.0 Å². The van der Waals surface area contributed by atoms with Gasteiger partial charge in [0, 0.05) is 18.5 Å². The van der Waals surface area contributed by atoms with Crippen molar-refractivity contribution in [2.45, 2.75) is 44.4 Å². The second-order valence-electron chi connectivity index (χ2n) is 6.12. The number of aliphatic hydroxyl groups excluding tert-OH is 1. The third-order valence-corrected chi connectivity index (χ3v) is 4.27. The Morgan fingerprint density at radius 3 is 2.86 bits per heavy atom. The normalized spacial score (nSPS) is 27.0. The highest BCUT2D eigenvalue weighted by Gasteiger charge is 2.47. The van der Waals surface area contributed by atoms with Gasteiger partial charge in [0.05, 0.1) is 12.6 Å². The second-order valence-corrected chi connectivity index (χ2v) is 6.12. The number of ether oxygens (including phenoxy) is 1. The zero-order chi connectivity index (χ0) is 15.2. The van der Waals surface area contributed by atoms with Crippen LogP contribution >= 0.6 is 0 Å². The van der Waals surface area contributed by atoms with E-state index in [-0.39, 0.29) is 5.91 Å². The summed E-state index contributed by atoms with van der Waals surface area (Å²) in [7, 11) is 0. The molecule has 1 aromatic rings. The number of carbonyl (C=O) groups is 1. The Bertz CT molecular complexity index is 633. The lowest BCUT2D eigenvalue weighted by Gasteiger charge is -2.45. The van der Waals surface area contributed by atoms with Gasteiger partial charge in [-0.1, -0.05) is 6.07 Å². The quantitative estimate of drug-likeness (QED) is 0.807. The third-order valence-electron chi connectivity index (χ3n) is 4.27. The zero-order valence-electron chi connectivity index (χ0n) is 12.2. The van der Waals surface area contributed by atoms with Gasteiger partial charge in [-0.15, -0.1) is 0 Å². The number of fused-ring (bicyclic) bond motifs is 1. The van der Waals surface area contributed by atoms with Crippen molar-refractivity contribution >= 4 is 11.6 Å². The molecule has 5 nitrogen and oxygen atoms in total. The van der Waals surface area contributed by atoms with E-state index >= 15 is 0 Å². The van der Waals surface area contributed by atoms with Gasteiger partial charge in [0.15, 0.2) is 5.69 Å². The van der Waals surface area contributed by atoms with E-state index in [1.165, 1.54) is 0 Å². The highest BCUT2D eigenvalue weighted by molar-refractivity contribution is 5.79. The minimum Gasteiger partial charge on any atom is -0.485 e. The fourth-order valence-corrected chi connectivity index (χ4v) is 3.13. The molecule has 1 fully saturated rings. The number of likely N-dealkylation sites (tertiary alicyclic amines) is 1. The minimum atomic E-state index is -0.826. The van der Waals surface area contributed by atoms with Gasteiger partial charge < -0.3 is 14.7 Å². The molecule has 0 aromatic heterocycles. The van der Waals surface area contributed by atoms with Crippen molar-refractivity contribution in [2.75, 3.05) is 6.54 Å². The summed E-state index contributed by atoms with van der Waals surface area (Å²) in [6.07, 6.45) is 0.497. The van der Waals surface area contributed by atoms with E-state index in [4.69, 9.17) is 11.3 Å².